The van der Waals surface area contributed by atoms with Crippen molar-refractivity contribution in [3.63, 3.8) is 0 Å². The van der Waals surface area contributed by atoms with Gasteiger partial charge in [0.15, 0.2) is 0 Å². The molecule has 2 atom stereocenters. The average molecular weight is 277 g/mol. The summed E-state index contributed by atoms with van der Waals surface area (Å²) in [6.45, 7) is 0. The van der Waals surface area contributed by atoms with Crippen LogP contribution in [0.1, 0.15) is 43.8 Å². The number of hydrogen-bond donors (Lipinski definition) is 1. The molecule has 1 aliphatic carbocycles. The molecule has 6 heteroatoms. The Morgan fingerprint density at radius 2 is 2.15 bits per heavy atom. The average Bonchev–Trinajstić information content (AvgIpc) is 3.15. The summed E-state index contributed by atoms with van der Waals surface area (Å²) in [5.74, 6) is -1.28. The van der Waals surface area contributed by atoms with Crippen molar-refractivity contribution in [3.05, 3.63) is 18.0 Å². The number of carboxylic acid groups (broad SMARTS) is 1. The number of nitrogens with zero attached hydrogens (tertiary/aromatic N) is 3. The smallest absolute Gasteiger partial charge is 0.309 e. The number of carbonyl (C=O) groups is 2. The number of hydrogen-bond acceptors (Lipinski definition) is 3. The molecule has 108 valence electrons. The van der Waals surface area contributed by atoms with Crippen molar-refractivity contribution in [2.24, 2.45) is 13.0 Å². The third-order valence-electron chi connectivity index (χ3n) is 4.29. The van der Waals surface area contributed by atoms with Crippen LogP contribution in [0.5, 0.6) is 0 Å². The van der Waals surface area contributed by atoms with Crippen LogP contribution in [0.3, 0.4) is 0 Å². The Morgan fingerprint density at radius 3 is 2.70 bits per heavy atom. The van der Waals surface area contributed by atoms with E-state index in [0.717, 1.165) is 18.5 Å². The molecule has 1 aromatic rings. The Hall–Kier alpha value is -1.85. The normalized spacial score (nSPS) is 27.4. The second kappa shape index (κ2) is 4.92. The van der Waals surface area contributed by atoms with E-state index in [0.29, 0.717) is 19.3 Å². The van der Waals surface area contributed by atoms with E-state index in [1.165, 1.54) is 0 Å². The van der Waals surface area contributed by atoms with Crippen LogP contribution in [0, 0.1) is 5.92 Å². The number of aromatic nitrogens is 2. The Morgan fingerprint density at radius 1 is 1.40 bits per heavy atom. The first-order valence-electron chi connectivity index (χ1n) is 7.11. The lowest BCUT2D eigenvalue weighted by molar-refractivity contribution is -0.146. The Bertz CT molecular complexity index is 536. The van der Waals surface area contributed by atoms with Crippen molar-refractivity contribution in [3.8, 4) is 0 Å². The molecule has 0 spiro atoms. The minimum Gasteiger partial charge on any atom is -0.481 e. The number of carbonyl (C=O) groups excluding carboxylic acids is 1. The van der Waals surface area contributed by atoms with Gasteiger partial charge in [0.2, 0.25) is 5.91 Å². The largest absolute Gasteiger partial charge is 0.481 e. The summed E-state index contributed by atoms with van der Waals surface area (Å²) in [5.41, 5.74) is 0.819. The zero-order valence-corrected chi connectivity index (χ0v) is 11.5. The van der Waals surface area contributed by atoms with Gasteiger partial charge in [-0.3, -0.25) is 14.3 Å². The van der Waals surface area contributed by atoms with E-state index in [1.54, 1.807) is 17.9 Å². The van der Waals surface area contributed by atoms with Crippen molar-refractivity contribution < 1.29 is 14.7 Å². The highest BCUT2D eigenvalue weighted by Crippen LogP contribution is 2.42. The van der Waals surface area contributed by atoms with Gasteiger partial charge in [-0.25, -0.2) is 0 Å². The highest BCUT2D eigenvalue weighted by Gasteiger charge is 2.45. The number of carboxylic acids is 1. The quantitative estimate of drug-likeness (QED) is 0.904. The van der Waals surface area contributed by atoms with Crippen molar-refractivity contribution in [2.45, 2.75) is 44.2 Å². The Balaban J connectivity index is 2.05. The molecular weight excluding hydrogens is 258 g/mol. The molecule has 2 aliphatic rings. The van der Waals surface area contributed by atoms with Gasteiger partial charge in [-0.15, -0.1) is 0 Å². The van der Waals surface area contributed by atoms with Gasteiger partial charge in [0.1, 0.15) is 0 Å². The van der Waals surface area contributed by atoms with Gasteiger partial charge >= 0.3 is 5.97 Å². The van der Waals surface area contributed by atoms with Gasteiger partial charge in [-0.1, -0.05) is 0 Å². The maximum Gasteiger partial charge on any atom is 0.309 e. The molecule has 0 radical (unpaired) electrons. The van der Waals surface area contributed by atoms with Gasteiger partial charge in [-0.2, -0.15) is 5.10 Å². The second-order valence-electron chi connectivity index (χ2n) is 5.69. The standard InChI is InChI=1S/C14H19N3O3/c1-16-11(7-8-15-16)13-10(14(19)20)3-2-4-12(18)17(13)9-5-6-9/h7-10,13H,2-6H2,1H3,(H,19,20). The molecule has 1 saturated carbocycles. The van der Waals surface area contributed by atoms with Crippen LogP contribution in [0.25, 0.3) is 0 Å². The molecule has 1 N–H and O–H groups in total. The van der Waals surface area contributed by atoms with Gasteiger partial charge in [0.25, 0.3) is 0 Å². The first-order valence-corrected chi connectivity index (χ1v) is 7.11. The third kappa shape index (κ3) is 2.19. The van der Waals surface area contributed by atoms with E-state index in [9.17, 15) is 14.7 Å². The fraction of sp³-hybridized carbons (Fsp3) is 0.643. The molecule has 0 aromatic carbocycles. The predicted molar refractivity (Wildman–Crippen MR) is 70.8 cm³/mol. The molecule has 20 heavy (non-hydrogen) atoms. The lowest BCUT2D eigenvalue weighted by Gasteiger charge is -2.33. The monoisotopic (exact) mass is 277 g/mol. The van der Waals surface area contributed by atoms with Crippen LogP contribution in [-0.4, -0.2) is 37.7 Å². The fourth-order valence-corrected chi connectivity index (χ4v) is 3.17. The fourth-order valence-electron chi connectivity index (χ4n) is 3.17. The molecule has 3 rings (SSSR count). The van der Waals surface area contributed by atoms with Crippen LogP contribution in [-0.2, 0) is 16.6 Å². The van der Waals surface area contributed by atoms with Gasteiger partial charge in [0, 0.05) is 25.7 Å². The summed E-state index contributed by atoms with van der Waals surface area (Å²) in [7, 11) is 1.80. The number of rotatable bonds is 3. The van der Waals surface area contributed by atoms with E-state index in [-0.39, 0.29) is 18.0 Å². The molecule has 2 heterocycles. The summed E-state index contributed by atoms with van der Waals surface area (Å²) in [4.78, 5) is 25.9. The molecule has 2 fully saturated rings. The summed E-state index contributed by atoms with van der Waals surface area (Å²) >= 11 is 0. The second-order valence-corrected chi connectivity index (χ2v) is 5.69. The van der Waals surface area contributed by atoms with Crippen molar-refractivity contribution in [1.82, 2.24) is 14.7 Å². The highest BCUT2D eigenvalue weighted by molar-refractivity contribution is 5.80. The lowest BCUT2D eigenvalue weighted by atomic mass is 9.92. The lowest BCUT2D eigenvalue weighted by Crippen LogP contribution is -2.41. The van der Waals surface area contributed by atoms with Crippen LogP contribution < -0.4 is 0 Å². The predicted octanol–water partition coefficient (Wildman–Crippen LogP) is 1.34. The SMILES string of the molecule is Cn1nccc1C1C(C(=O)O)CCCC(=O)N1C1CC1. The first kappa shape index (κ1) is 13.1. The van der Waals surface area contributed by atoms with Gasteiger partial charge < -0.3 is 10.0 Å². The summed E-state index contributed by atoms with van der Waals surface area (Å²) in [6, 6.07) is 1.65. The van der Waals surface area contributed by atoms with Crippen molar-refractivity contribution >= 4 is 11.9 Å². The van der Waals surface area contributed by atoms with E-state index in [1.807, 2.05) is 11.0 Å². The maximum absolute atomic E-state index is 12.4. The zero-order chi connectivity index (χ0) is 14.3. The summed E-state index contributed by atoms with van der Waals surface area (Å²) in [6.07, 6.45) is 5.26. The third-order valence-corrected chi connectivity index (χ3v) is 4.29. The zero-order valence-electron chi connectivity index (χ0n) is 11.5. The number of likely N-dealkylation sites (tertiary alicyclic amines) is 1. The number of aryl methyl sites for hydroxylation is 1. The van der Waals surface area contributed by atoms with E-state index in [2.05, 4.69) is 5.10 Å². The number of aliphatic carboxylic acids is 1. The molecule has 1 saturated heterocycles. The topological polar surface area (TPSA) is 75.4 Å². The van der Waals surface area contributed by atoms with Crippen LogP contribution in [0.4, 0.5) is 0 Å². The molecule has 2 unspecified atom stereocenters. The molecule has 6 nitrogen and oxygen atoms in total. The maximum atomic E-state index is 12.4. The minimum absolute atomic E-state index is 0.0856. The van der Waals surface area contributed by atoms with Crippen LogP contribution in [0.15, 0.2) is 12.3 Å². The molecule has 1 aromatic heterocycles. The Labute approximate surface area is 117 Å². The number of amides is 1. The van der Waals surface area contributed by atoms with Crippen LogP contribution in [0.2, 0.25) is 0 Å². The van der Waals surface area contributed by atoms with E-state index >= 15 is 0 Å². The molecule has 0 bridgehead atoms. The van der Waals surface area contributed by atoms with Crippen molar-refractivity contribution in [2.75, 3.05) is 0 Å². The summed E-state index contributed by atoms with van der Waals surface area (Å²) in [5, 5.41) is 13.7. The minimum atomic E-state index is -0.823. The van der Waals surface area contributed by atoms with E-state index < -0.39 is 11.9 Å². The van der Waals surface area contributed by atoms with Crippen LogP contribution >= 0.6 is 0 Å². The Kier molecular flexibility index (Phi) is 3.23. The molecule has 1 amide bonds. The highest BCUT2D eigenvalue weighted by atomic mass is 16.4. The van der Waals surface area contributed by atoms with Crippen molar-refractivity contribution in [1.29, 1.82) is 0 Å². The first-order chi connectivity index (χ1) is 9.59. The molecular formula is C14H19N3O3. The van der Waals surface area contributed by atoms with E-state index in [4.69, 9.17) is 0 Å². The molecule has 1 aliphatic heterocycles. The summed E-state index contributed by atoms with van der Waals surface area (Å²) < 4.78 is 1.69. The van der Waals surface area contributed by atoms with Gasteiger partial charge in [0.05, 0.1) is 17.7 Å². The van der Waals surface area contributed by atoms with Gasteiger partial charge in [-0.05, 0) is 31.7 Å².